The van der Waals surface area contributed by atoms with Gasteiger partial charge in [-0.1, -0.05) is 218 Å². The lowest BCUT2D eigenvalue weighted by atomic mass is 9.85. The van der Waals surface area contributed by atoms with Crippen LogP contribution in [0.25, 0.3) is 131 Å². The molecule has 2 nitrogen and oxygen atoms in total. The van der Waals surface area contributed by atoms with Crippen molar-refractivity contribution in [1.29, 1.82) is 0 Å². The third kappa shape index (κ3) is 5.59. The highest BCUT2D eigenvalue weighted by atomic mass is 14.8. The van der Waals surface area contributed by atoms with Crippen molar-refractivity contribution in [2.24, 2.45) is 0 Å². The maximum absolute atomic E-state index is 5.47. The zero-order valence-corrected chi connectivity index (χ0v) is 34.8. The summed E-state index contributed by atoms with van der Waals surface area (Å²) in [5.74, 6) is 0. The predicted molar refractivity (Wildman–Crippen MR) is 272 cm³/mol. The van der Waals surface area contributed by atoms with Gasteiger partial charge in [0.2, 0.25) is 0 Å². The molecule has 0 aliphatic rings. The molecule has 0 fully saturated rings. The Hall–Kier alpha value is -8.46. The van der Waals surface area contributed by atoms with Gasteiger partial charge in [-0.2, -0.15) is 0 Å². The smallest absolute Gasteiger partial charge is 0.0972 e. The van der Waals surface area contributed by atoms with Crippen LogP contribution >= 0.6 is 0 Å². The van der Waals surface area contributed by atoms with Gasteiger partial charge in [-0.15, -0.1) is 0 Å². The lowest BCUT2D eigenvalue weighted by Gasteiger charge is -2.19. The minimum Gasteiger partial charge on any atom is -0.252 e. The van der Waals surface area contributed by atoms with E-state index in [1.807, 2.05) is 18.3 Å². The second-order valence-electron chi connectivity index (χ2n) is 16.8. The van der Waals surface area contributed by atoms with Gasteiger partial charge in [0.05, 0.1) is 23.3 Å². The van der Waals surface area contributed by atoms with E-state index in [9.17, 15) is 0 Å². The first-order chi connectivity index (χ1) is 31.8. The first-order valence-corrected chi connectivity index (χ1v) is 22.0. The van der Waals surface area contributed by atoms with E-state index >= 15 is 0 Å². The number of nitrogens with zero attached hydrogens (tertiary/aromatic N) is 2. The first kappa shape index (κ1) is 36.2. The fourth-order valence-corrected chi connectivity index (χ4v) is 10.5. The topological polar surface area (TPSA) is 25.8 Å². The SMILES string of the molecule is c1ccc(-c2ncc(-c3c4ccccc4c(-c4ccc(-c5cc6cccc7c8ccccc8c8ccccc8c8cccc5c8c67)cc4)c4ccccc34)nc2-c2ccccc2)cc1. The maximum Gasteiger partial charge on any atom is 0.0972 e. The van der Waals surface area contributed by atoms with Crippen molar-refractivity contribution in [2.45, 2.75) is 0 Å². The zero-order valence-electron chi connectivity index (χ0n) is 34.8. The van der Waals surface area contributed by atoms with Crippen molar-refractivity contribution in [2.75, 3.05) is 0 Å². The van der Waals surface area contributed by atoms with Gasteiger partial charge >= 0.3 is 0 Å². The number of hydrogen-bond acceptors (Lipinski definition) is 2. The standard InChI is InChI=1S/C62H38N2/c1-3-17-41(18-4-1)61-62(42-19-5-2-6-20-42)64-56(38-63-61)59-52-28-13-11-26-50(52)57(51-27-12-14-29-53(51)59)40-35-33-39(34-36-40)55-37-43-21-15-30-48-46-24-9-7-22-44(46)45-23-8-10-25-47(45)49-31-16-32-54(55)60(49)58(43)48/h1-38H. The third-order valence-corrected chi connectivity index (χ3v) is 13.3. The molecular weight excluding hydrogens is 773 g/mol. The van der Waals surface area contributed by atoms with Crippen LogP contribution < -0.4 is 0 Å². The molecular formula is C62H38N2. The van der Waals surface area contributed by atoms with Crippen LogP contribution in [0.5, 0.6) is 0 Å². The molecule has 2 heteroatoms. The molecule has 1 heterocycles. The van der Waals surface area contributed by atoms with Gasteiger partial charge in [-0.25, -0.2) is 4.98 Å². The summed E-state index contributed by atoms with van der Waals surface area (Å²) in [7, 11) is 0. The van der Waals surface area contributed by atoms with E-state index in [0.717, 1.165) is 44.5 Å². The Morgan fingerprint density at radius 3 is 1.27 bits per heavy atom. The molecule has 0 unspecified atom stereocenters. The van der Waals surface area contributed by atoms with Crippen LogP contribution in [-0.2, 0) is 0 Å². The van der Waals surface area contributed by atoms with E-state index in [1.54, 1.807) is 0 Å². The molecule has 13 rings (SSSR count). The van der Waals surface area contributed by atoms with Crippen molar-refractivity contribution in [3.63, 3.8) is 0 Å². The molecule has 0 aliphatic heterocycles. The summed E-state index contributed by atoms with van der Waals surface area (Å²) in [6.45, 7) is 0. The fraction of sp³-hybridized carbons (Fsp3) is 0. The van der Waals surface area contributed by atoms with Gasteiger partial charge in [-0.05, 0) is 104 Å². The Morgan fingerprint density at radius 1 is 0.266 bits per heavy atom. The summed E-state index contributed by atoms with van der Waals surface area (Å²) < 4.78 is 0. The van der Waals surface area contributed by atoms with Gasteiger partial charge in [0, 0.05) is 16.7 Å². The minimum absolute atomic E-state index is 0.851. The van der Waals surface area contributed by atoms with Gasteiger partial charge in [0.1, 0.15) is 0 Å². The van der Waals surface area contributed by atoms with Crippen LogP contribution in [0.1, 0.15) is 0 Å². The monoisotopic (exact) mass is 810 g/mol. The average Bonchev–Trinajstić information content (AvgIpc) is 3.37. The number of fused-ring (bicyclic) bond motifs is 7. The molecule has 296 valence electrons. The molecule has 0 bridgehead atoms. The Bertz CT molecular complexity index is 3930. The molecule has 0 saturated heterocycles. The molecule has 0 spiro atoms. The number of rotatable bonds is 5. The van der Waals surface area contributed by atoms with Crippen LogP contribution in [0.2, 0.25) is 0 Å². The highest BCUT2D eigenvalue weighted by molar-refractivity contribution is 6.34. The van der Waals surface area contributed by atoms with Crippen molar-refractivity contribution < 1.29 is 0 Å². The van der Waals surface area contributed by atoms with E-state index < -0.39 is 0 Å². The zero-order chi connectivity index (χ0) is 42.1. The molecule has 0 amide bonds. The second kappa shape index (κ2) is 14.6. The number of benzene rings is 11. The molecule has 1 aromatic heterocycles. The van der Waals surface area contributed by atoms with Crippen LogP contribution in [0.15, 0.2) is 231 Å². The average molecular weight is 811 g/mol. The fourth-order valence-electron chi connectivity index (χ4n) is 10.5. The summed E-state index contributed by atoms with van der Waals surface area (Å²) in [5.41, 5.74) is 10.6. The molecule has 0 N–H and O–H groups in total. The summed E-state index contributed by atoms with van der Waals surface area (Å²) in [6.07, 6.45) is 1.96. The third-order valence-electron chi connectivity index (χ3n) is 13.3. The molecule has 13 aromatic rings. The minimum atomic E-state index is 0.851. The van der Waals surface area contributed by atoms with Gasteiger partial charge in [0.15, 0.2) is 0 Å². The predicted octanol–water partition coefficient (Wildman–Crippen LogP) is 16.9. The largest absolute Gasteiger partial charge is 0.252 e. The summed E-state index contributed by atoms with van der Waals surface area (Å²) in [5, 5.41) is 17.4. The van der Waals surface area contributed by atoms with Crippen molar-refractivity contribution in [3.05, 3.63) is 231 Å². The highest BCUT2D eigenvalue weighted by Gasteiger charge is 2.21. The molecule has 0 radical (unpaired) electrons. The van der Waals surface area contributed by atoms with Crippen LogP contribution in [0, 0.1) is 0 Å². The summed E-state index contributed by atoms with van der Waals surface area (Å²) >= 11 is 0. The molecule has 0 aliphatic carbocycles. The Kier molecular flexibility index (Phi) is 8.25. The molecule has 64 heavy (non-hydrogen) atoms. The van der Waals surface area contributed by atoms with E-state index in [0.29, 0.717) is 0 Å². The summed E-state index contributed by atoms with van der Waals surface area (Å²) in [6, 6.07) is 81.5. The Balaban J connectivity index is 1.01. The van der Waals surface area contributed by atoms with Crippen molar-refractivity contribution in [1.82, 2.24) is 9.97 Å². The number of aromatic nitrogens is 2. The van der Waals surface area contributed by atoms with E-state index in [2.05, 4.69) is 212 Å². The molecule has 0 saturated carbocycles. The Morgan fingerprint density at radius 2 is 0.688 bits per heavy atom. The Labute approximate surface area is 370 Å². The van der Waals surface area contributed by atoms with Gasteiger partial charge in [-0.3, -0.25) is 4.98 Å². The molecule has 12 aromatic carbocycles. The van der Waals surface area contributed by atoms with E-state index in [1.165, 1.54) is 86.9 Å². The lowest BCUT2D eigenvalue weighted by Crippen LogP contribution is -1.98. The maximum atomic E-state index is 5.47. The highest BCUT2D eigenvalue weighted by Crippen LogP contribution is 2.46. The lowest BCUT2D eigenvalue weighted by molar-refractivity contribution is 1.22. The van der Waals surface area contributed by atoms with Gasteiger partial charge < -0.3 is 0 Å². The van der Waals surface area contributed by atoms with Crippen LogP contribution in [-0.4, -0.2) is 9.97 Å². The first-order valence-electron chi connectivity index (χ1n) is 22.0. The normalized spacial score (nSPS) is 11.8. The van der Waals surface area contributed by atoms with Crippen LogP contribution in [0.3, 0.4) is 0 Å². The van der Waals surface area contributed by atoms with Gasteiger partial charge in [0.25, 0.3) is 0 Å². The van der Waals surface area contributed by atoms with Crippen molar-refractivity contribution >= 4 is 75.4 Å². The molecule has 0 atom stereocenters. The quantitative estimate of drug-likeness (QED) is 0.128. The van der Waals surface area contributed by atoms with E-state index in [4.69, 9.17) is 9.97 Å². The van der Waals surface area contributed by atoms with Crippen molar-refractivity contribution in [3.8, 4) is 56.0 Å². The van der Waals surface area contributed by atoms with E-state index in [-0.39, 0.29) is 0 Å². The van der Waals surface area contributed by atoms with Crippen LogP contribution in [0.4, 0.5) is 0 Å². The number of hydrogen-bond donors (Lipinski definition) is 0. The second-order valence-corrected chi connectivity index (χ2v) is 16.8. The summed E-state index contributed by atoms with van der Waals surface area (Å²) in [4.78, 5) is 10.6.